The Labute approximate surface area is 110 Å². The maximum Gasteiger partial charge on any atom is 0.134 e. The maximum absolute atomic E-state index is 9.28. The summed E-state index contributed by atoms with van der Waals surface area (Å²) in [5.41, 5.74) is 0. The fourth-order valence-electron chi connectivity index (χ4n) is 1.55. The van der Waals surface area contributed by atoms with Crippen molar-refractivity contribution in [2.45, 2.75) is 16.6 Å². The molecular weight excluding hydrogens is 260 g/mol. The quantitative estimate of drug-likeness (QED) is 0.854. The van der Waals surface area contributed by atoms with Gasteiger partial charge in [0.05, 0.1) is 25.1 Å². The molecule has 1 aliphatic heterocycles. The highest BCUT2D eigenvalue weighted by atomic mass is 35.5. The van der Waals surface area contributed by atoms with Gasteiger partial charge in [-0.15, -0.1) is 11.8 Å². The van der Waals surface area contributed by atoms with Crippen LogP contribution in [-0.2, 0) is 4.74 Å². The van der Waals surface area contributed by atoms with Crippen molar-refractivity contribution in [2.24, 2.45) is 0 Å². The third-order valence-corrected chi connectivity index (χ3v) is 3.84. The van der Waals surface area contributed by atoms with E-state index in [2.05, 4.69) is 0 Å². The Morgan fingerprint density at radius 3 is 3.12 bits per heavy atom. The molecule has 1 aromatic rings. The Hall–Kier alpha value is -0.420. The summed E-state index contributed by atoms with van der Waals surface area (Å²) in [5, 5.41) is 9.99. The number of halogens is 1. The summed E-state index contributed by atoms with van der Waals surface area (Å²) >= 11 is 7.51. The summed E-state index contributed by atoms with van der Waals surface area (Å²) in [5.74, 6) is 0.794. The predicted molar refractivity (Wildman–Crippen MR) is 69.1 cm³/mol. The molecule has 0 spiro atoms. The molecule has 5 heteroatoms. The largest absolute Gasteiger partial charge is 0.492 e. The molecule has 1 aliphatic rings. The van der Waals surface area contributed by atoms with Crippen molar-refractivity contribution in [3.05, 3.63) is 23.2 Å². The first-order chi connectivity index (χ1) is 8.29. The molecule has 94 valence electrons. The molecule has 0 bridgehead atoms. The van der Waals surface area contributed by atoms with E-state index in [1.54, 1.807) is 11.8 Å². The molecule has 0 amide bonds. The van der Waals surface area contributed by atoms with Crippen LogP contribution < -0.4 is 4.74 Å². The van der Waals surface area contributed by atoms with Crippen molar-refractivity contribution in [2.75, 3.05) is 26.4 Å². The summed E-state index contributed by atoms with van der Waals surface area (Å²) < 4.78 is 11.1. The second kappa shape index (κ2) is 6.50. The zero-order chi connectivity index (χ0) is 12.1. The molecule has 17 heavy (non-hydrogen) atoms. The number of aliphatic hydroxyl groups is 1. The Kier molecular flexibility index (Phi) is 4.98. The predicted octanol–water partition coefficient (Wildman–Crippen LogP) is 2.59. The van der Waals surface area contributed by atoms with Gasteiger partial charge in [-0.3, -0.25) is 0 Å². The highest BCUT2D eigenvalue weighted by molar-refractivity contribution is 8.00. The molecular formula is C12H15ClO3S. The number of benzene rings is 1. The molecule has 0 aromatic heterocycles. The average molecular weight is 275 g/mol. The van der Waals surface area contributed by atoms with Crippen LogP contribution in [0, 0.1) is 0 Å². The number of rotatable bonds is 1. The van der Waals surface area contributed by atoms with Gasteiger partial charge in [0.2, 0.25) is 0 Å². The first-order valence-electron chi connectivity index (χ1n) is 5.57. The number of hydrogen-bond acceptors (Lipinski definition) is 4. The highest BCUT2D eigenvalue weighted by Gasteiger charge is 2.15. The minimum Gasteiger partial charge on any atom is -0.492 e. The van der Waals surface area contributed by atoms with E-state index in [-0.39, 0.29) is 11.9 Å². The molecule has 3 nitrogen and oxygen atoms in total. The van der Waals surface area contributed by atoms with E-state index in [0.717, 1.165) is 17.1 Å². The number of hydrogen-bond donors (Lipinski definition) is 1. The SMILES string of the molecule is OCC1COCCCOc2cc(Cl)ccc2S1. The van der Waals surface area contributed by atoms with Gasteiger partial charge in [-0.25, -0.2) is 0 Å². The van der Waals surface area contributed by atoms with Gasteiger partial charge in [0.15, 0.2) is 0 Å². The van der Waals surface area contributed by atoms with Crippen LogP contribution in [0.25, 0.3) is 0 Å². The smallest absolute Gasteiger partial charge is 0.134 e. The first kappa shape index (κ1) is 13.0. The van der Waals surface area contributed by atoms with Crippen molar-refractivity contribution >= 4 is 23.4 Å². The lowest BCUT2D eigenvalue weighted by Crippen LogP contribution is -2.19. The zero-order valence-electron chi connectivity index (χ0n) is 9.39. The molecule has 1 aromatic carbocycles. The Morgan fingerprint density at radius 2 is 2.29 bits per heavy atom. The van der Waals surface area contributed by atoms with Crippen LogP contribution in [-0.4, -0.2) is 36.8 Å². The molecule has 1 heterocycles. The lowest BCUT2D eigenvalue weighted by molar-refractivity contribution is 0.107. The molecule has 0 saturated heterocycles. The Balaban J connectivity index is 2.20. The lowest BCUT2D eigenvalue weighted by atomic mass is 10.3. The van der Waals surface area contributed by atoms with Crippen LogP contribution in [0.15, 0.2) is 23.1 Å². The van der Waals surface area contributed by atoms with Crippen molar-refractivity contribution in [3.63, 3.8) is 0 Å². The van der Waals surface area contributed by atoms with Crippen LogP contribution in [0.4, 0.5) is 0 Å². The number of ether oxygens (including phenoxy) is 2. The average Bonchev–Trinajstić information content (AvgIpc) is 2.35. The summed E-state index contributed by atoms with van der Waals surface area (Å²) in [6, 6.07) is 5.57. The van der Waals surface area contributed by atoms with Gasteiger partial charge < -0.3 is 14.6 Å². The second-order valence-corrected chi connectivity index (χ2v) is 5.57. The van der Waals surface area contributed by atoms with E-state index in [1.165, 1.54) is 0 Å². The fraction of sp³-hybridized carbons (Fsp3) is 0.500. The summed E-state index contributed by atoms with van der Waals surface area (Å²) in [6.45, 7) is 1.93. The van der Waals surface area contributed by atoms with E-state index in [0.29, 0.717) is 24.8 Å². The van der Waals surface area contributed by atoms with Crippen LogP contribution in [0.1, 0.15) is 6.42 Å². The maximum atomic E-state index is 9.28. The van der Waals surface area contributed by atoms with E-state index in [9.17, 15) is 5.11 Å². The van der Waals surface area contributed by atoms with Gasteiger partial charge in [-0.1, -0.05) is 11.6 Å². The molecule has 1 N–H and O–H groups in total. The van der Waals surface area contributed by atoms with Gasteiger partial charge in [0.1, 0.15) is 5.75 Å². The molecule has 2 rings (SSSR count). The summed E-state index contributed by atoms with van der Waals surface area (Å²) in [7, 11) is 0. The minimum atomic E-state index is 0.0385. The Bertz CT molecular complexity index is 373. The van der Waals surface area contributed by atoms with Crippen LogP contribution >= 0.6 is 23.4 Å². The van der Waals surface area contributed by atoms with Crippen LogP contribution in [0.2, 0.25) is 5.02 Å². The van der Waals surface area contributed by atoms with Crippen molar-refractivity contribution in [1.82, 2.24) is 0 Å². The molecule has 1 atom stereocenters. The van der Waals surface area contributed by atoms with Crippen molar-refractivity contribution in [1.29, 1.82) is 0 Å². The molecule has 0 saturated carbocycles. The van der Waals surface area contributed by atoms with E-state index in [1.807, 2.05) is 18.2 Å². The minimum absolute atomic E-state index is 0.0385. The topological polar surface area (TPSA) is 38.7 Å². The monoisotopic (exact) mass is 274 g/mol. The van der Waals surface area contributed by atoms with E-state index >= 15 is 0 Å². The molecule has 1 unspecified atom stereocenters. The van der Waals surface area contributed by atoms with Crippen molar-refractivity contribution < 1.29 is 14.6 Å². The van der Waals surface area contributed by atoms with Crippen LogP contribution in [0.3, 0.4) is 0 Å². The highest BCUT2D eigenvalue weighted by Crippen LogP contribution is 2.35. The standard InChI is InChI=1S/C12H15ClO3S/c13-9-2-3-12-11(6-9)16-5-1-4-15-8-10(7-14)17-12/h2-3,6,10,14H,1,4-5,7-8H2. The summed E-state index contributed by atoms with van der Waals surface area (Å²) in [4.78, 5) is 0.999. The normalized spacial score (nSPS) is 21.4. The molecule has 0 fully saturated rings. The Morgan fingerprint density at radius 1 is 1.41 bits per heavy atom. The van der Waals surface area contributed by atoms with E-state index < -0.39 is 0 Å². The van der Waals surface area contributed by atoms with Crippen LogP contribution in [0.5, 0.6) is 5.75 Å². The molecule has 0 aliphatic carbocycles. The number of aliphatic hydroxyl groups excluding tert-OH is 1. The van der Waals surface area contributed by atoms with Crippen molar-refractivity contribution in [3.8, 4) is 5.75 Å². The lowest BCUT2D eigenvalue weighted by Gasteiger charge is -2.19. The van der Waals surface area contributed by atoms with Gasteiger partial charge in [0, 0.05) is 22.9 Å². The first-order valence-corrected chi connectivity index (χ1v) is 6.83. The molecule has 0 radical (unpaired) electrons. The zero-order valence-corrected chi connectivity index (χ0v) is 11.0. The van der Waals surface area contributed by atoms with Gasteiger partial charge >= 0.3 is 0 Å². The number of thioether (sulfide) groups is 1. The van der Waals surface area contributed by atoms with E-state index in [4.69, 9.17) is 21.1 Å². The summed E-state index contributed by atoms with van der Waals surface area (Å²) in [6.07, 6.45) is 0.842. The third kappa shape index (κ3) is 3.78. The van der Waals surface area contributed by atoms with Gasteiger partial charge in [0.25, 0.3) is 0 Å². The second-order valence-electron chi connectivity index (χ2n) is 3.79. The van der Waals surface area contributed by atoms with Gasteiger partial charge in [-0.2, -0.15) is 0 Å². The number of fused-ring (bicyclic) bond motifs is 1. The third-order valence-electron chi connectivity index (χ3n) is 2.40. The fourth-order valence-corrected chi connectivity index (χ4v) is 2.69. The van der Waals surface area contributed by atoms with Gasteiger partial charge in [-0.05, 0) is 18.2 Å².